The van der Waals surface area contributed by atoms with Crippen LogP contribution < -0.4 is 5.73 Å². The smallest absolute Gasteiger partial charge is 0.163 e. The molecule has 17 heavy (non-hydrogen) atoms. The number of nitrogen functional groups attached to an aromatic ring is 1. The zero-order valence-corrected chi connectivity index (χ0v) is 9.94. The minimum absolute atomic E-state index is 0.288. The number of benzene rings is 1. The van der Waals surface area contributed by atoms with Gasteiger partial charge in [0.25, 0.3) is 0 Å². The number of aromatic nitrogens is 2. The summed E-state index contributed by atoms with van der Waals surface area (Å²) in [7, 11) is 0. The van der Waals surface area contributed by atoms with E-state index < -0.39 is 0 Å². The normalized spacial score (nSPS) is 10.2. The van der Waals surface area contributed by atoms with E-state index in [0.717, 1.165) is 5.56 Å². The molecule has 0 aliphatic rings. The number of aryl methyl sites for hydroxylation is 2. The van der Waals surface area contributed by atoms with Gasteiger partial charge < -0.3 is 5.73 Å². The fourth-order valence-electron chi connectivity index (χ4n) is 1.69. The minimum atomic E-state index is 0.288. The quantitative estimate of drug-likeness (QED) is 0.851. The average molecular weight is 226 g/mol. The lowest BCUT2D eigenvalue weighted by Crippen LogP contribution is -2.01. The van der Waals surface area contributed by atoms with Gasteiger partial charge in [-0.1, -0.05) is 18.2 Å². The molecule has 0 bridgehead atoms. The molecule has 0 saturated heterocycles. The van der Waals surface area contributed by atoms with Crippen molar-refractivity contribution in [3.8, 4) is 6.07 Å². The molecule has 2 rings (SSSR count). The van der Waals surface area contributed by atoms with E-state index >= 15 is 0 Å². The van der Waals surface area contributed by atoms with Crippen molar-refractivity contribution >= 4 is 5.82 Å². The number of nitriles is 1. The van der Waals surface area contributed by atoms with Crippen LogP contribution in [0.25, 0.3) is 0 Å². The Morgan fingerprint density at radius 1 is 1.35 bits per heavy atom. The van der Waals surface area contributed by atoms with Crippen molar-refractivity contribution in [2.75, 3.05) is 5.73 Å². The molecule has 0 amide bonds. The number of anilines is 1. The third-order valence-corrected chi connectivity index (χ3v) is 2.83. The third kappa shape index (κ3) is 2.28. The lowest BCUT2D eigenvalue weighted by molar-refractivity contribution is 0.689. The first-order chi connectivity index (χ1) is 8.10. The van der Waals surface area contributed by atoms with Gasteiger partial charge in [-0.2, -0.15) is 10.4 Å². The third-order valence-electron chi connectivity index (χ3n) is 2.83. The Balaban J connectivity index is 2.25. The van der Waals surface area contributed by atoms with Crippen LogP contribution in [-0.4, -0.2) is 9.78 Å². The van der Waals surface area contributed by atoms with Gasteiger partial charge in [0.2, 0.25) is 0 Å². The number of hydrogen-bond donors (Lipinski definition) is 1. The first-order valence-corrected chi connectivity index (χ1v) is 5.39. The predicted molar refractivity (Wildman–Crippen MR) is 66.4 cm³/mol. The molecule has 2 N–H and O–H groups in total. The Bertz CT molecular complexity index is 590. The maximum atomic E-state index is 8.80. The molecule has 0 atom stereocenters. The standard InChI is InChI=1S/C13H14N4/c1-9-3-4-11(5-10(9)2)7-17-8-12(6-14)13(15)16-17/h3-5,8H,7H2,1-2H3,(H2,15,16). The average Bonchev–Trinajstić information content (AvgIpc) is 2.64. The summed E-state index contributed by atoms with van der Waals surface area (Å²) in [5, 5.41) is 12.9. The van der Waals surface area contributed by atoms with Crippen LogP contribution in [0.4, 0.5) is 5.82 Å². The monoisotopic (exact) mass is 226 g/mol. The highest BCUT2D eigenvalue weighted by molar-refractivity contribution is 5.46. The molecule has 0 aliphatic heterocycles. The molecule has 0 aliphatic carbocycles. The predicted octanol–water partition coefficient (Wildman–Crippen LogP) is 2.00. The summed E-state index contributed by atoms with van der Waals surface area (Å²) < 4.78 is 1.69. The molecule has 0 spiro atoms. The highest BCUT2D eigenvalue weighted by atomic mass is 15.3. The molecule has 86 valence electrons. The van der Waals surface area contributed by atoms with Gasteiger partial charge in [0.15, 0.2) is 5.82 Å². The van der Waals surface area contributed by atoms with Crippen molar-refractivity contribution < 1.29 is 0 Å². The summed E-state index contributed by atoms with van der Waals surface area (Å²) in [5.41, 5.74) is 9.71. The van der Waals surface area contributed by atoms with Crippen molar-refractivity contribution in [1.82, 2.24) is 9.78 Å². The first-order valence-electron chi connectivity index (χ1n) is 5.39. The zero-order valence-electron chi connectivity index (χ0n) is 9.94. The van der Waals surface area contributed by atoms with E-state index in [2.05, 4.69) is 37.1 Å². The topological polar surface area (TPSA) is 67.6 Å². The van der Waals surface area contributed by atoms with E-state index in [4.69, 9.17) is 11.0 Å². The lowest BCUT2D eigenvalue weighted by atomic mass is 10.1. The Labute approximate surface area is 100 Å². The SMILES string of the molecule is Cc1ccc(Cn2cc(C#N)c(N)n2)cc1C. The molecule has 2 aromatic rings. The van der Waals surface area contributed by atoms with Gasteiger partial charge in [-0.3, -0.25) is 4.68 Å². The lowest BCUT2D eigenvalue weighted by Gasteiger charge is -2.05. The highest BCUT2D eigenvalue weighted by Gasteiger charge is 2.05. The van der Waals surface area contributed by atoms with Gasteiger partial charge in [0.05, 0.1) is 6.54 Å². The first kappa shape index (κ1) is 11.2. The van der Waals surface area contributed by atoms with Crippen LogP contribution in [0.3, 0.4) is 0 Å². The Morgan fingerprint density at radius 2 is 2.12 bits per heavy atom. The van der Waals surface area contributed by atoms with Gasteiger partial charge in [-0.25, -0.2) is 0 Å². The van der Waals surface area contributed by atoms with Gasteiger partial charge in [0.1, 0.15) is 11.6 Å². The van der Waals surface area contributed by atoms with Gasteiger partial charge in [-0.15, -0.1) is 0 Å². The van der Waals surface area contributed by atoms with E-state index in [0.29, 0.717) is 12.1 Å². The Morgan fingerprint density at radius 3 is 2.71 bits per heavy atom. The van der Waals surface area contributed by atoms with E-state index in [9.17, 15) is 0 Å². The minimum Gasteiger partial charge on any atom is -0.381 e. The van der Waals surface area contributed by atoms with Gasteiger partial charge in [0, 0.05) is 6.20 Å². The summed E-state index contributed by atoms with van der Waals surface area (Å²) in [4.78, 5) is 0. The van der Waals surface area contributed by atoms with Crippen molar-refractivity contribution in [2.45, 2.75) is 20.4 Å². The fraction of sp³-hybridized carbons (Fsp3) is 0.231. The molecule has 4 nitrogen and oxygen atoms in total. The molecular weight excluding hydrogens is 212 g/mol. The number of nitrogens with two attached hydrogens (primary N) is 1. The molecule has 0 fully saturated rings. The molecule has 0 unspecified atom stereocenters. The number of hydrogen-bond acceptors (Lipinski definition) is 3. The van der Waals surface area contributed by atoms with Crippen molar-refractivity contribution in [1.29, 1.82) is 5.26 Å². The van der Waals surface area contributed by atoms with Gasteiger partial charge >= 0.3 is 0 Å². The van der Waals surface area contributed by atoms with E-state index in [1.807, 2.05) is 6.07 Å². The van der Waals surface area contributed by atoms with Crippen LogP contribution in [0.15, 0.2) is 24.4 Å². The Kier molecular flexibility index (Phi) is 2.84. The van der Waals surface area contributed by atoms with Crippen LogP contribution in [0.5, 0.6) is 0 Å². The van der Waals surface area contributed by atoms with Crippen molar-refractivity contribution in [2.24, 2.45) is 0 Å². The summed E-state index contributed by atoms with van der Waals surface area (Å²) >= 11 is 0. The molecule has 1 heterocycles. The van der Waals surface area contributed by atoms with E-state index in [1.165, 1.54) is 11.1 Å². The van der Waals surface area contributed by atoms with Crippen LogP contribution in [0, 0.1) is 25.2 Å². The summed E-state index contributed by atoms with van der Waals surface area (Å²) in [5.74, 6) is 0.288. The van der Waals surface area contributed by atoms with Gasteiger partial charge in [-0.05, 0) is 30.5 Å². The second kappa shape index (κ2) is 4.30. The Hall–Kier alpha value is -2.28. The maximum absolute atomic E-state index is 8.80. The van der Waals surface area contributed by atoms with Crippen LogP contribution in [0.1, 0.15) is 22.3 Å². The highest BCUT2D eigenvalue weighted by Crippen LogP contribution is 2.13. The fourth-order valence-corrected chi connectivity index (χ4v) is 1.69. The molecule has 0 saturated carbocycles. The van der Waals surface area contributed by atoms with Crippen LogP contribution in [0.2, 0.25) is 0 Å². The molecular formula is C13H14N4. The van der Waals surface area contributed by atoms with E-state index in [1.54, 1.807) is 10.9 Å². The summed E-state index contributed by atoms with van der Waals surface area (Å²) in [6.45, 7) is 4.79. The zero-order chi connectivity index (χ0) is 12.4. The number of nitrogens with zero attached hydrogens (tertiary/aromatic N) is 3. The van der Waals surface area contributed by atoms with Crippen LogP contribution >= 0.6 is 0 Å². The molecule has 1 aromatic carbocycles. The largest absolute Gasteiger partial charge is 0.381 e. The number of rotatable bonds is 2. The molecule has 4 heteroatoms. The second-order valence-electron chi connectivity index (χ2n) is 4.16. The molecule has 1 aromatic heterocycles. The second-order valence-corrected chi connectivity index (χ2v) is 4.16. The molecule has 0 radical (unpaired) electrons. The van der Waals surface area contributed by atoms with Crippen molar-refractivity contribution in [3.05, 3.63) is 46.6 Å². The van der Waals surface area contributed by atoms with Crippen LogP contribution in [-0.2, 0) is 6.54 Å². The maximum Gasteiger partial charge on any atom is 0.163 e. The van der Waals surface area contributed by atoms with Crippen molar-refractivity contribution in [3.63, 3.8) is 0 Å². The summed E-state index contributed by atoms with van der Waals surface area (Å²) in [6, 6.07) is 8.29. The summed E-state index contributed by atoms with van der Waals surface area (Å²) in [6.07, 6.45) is 1.67. The van der Waals surface area contributed by atoms with E-state index in [-0.39, 0.29) is 5.82 Å².